The molecule has 0 radical (unpaired) electrons. The molecule has 1 aromatic carbocycles. The highest BCUT2D eigenvalue weighted by atomic mass is 35.5. The monoisotopic (exact) mass is 387 g/mol. The molecule has 1 saturated heterocycles. The molecule has 0 saturated carbocycles. The summed E-state index contributed by atoms with van der Waals surface area (Å²) in [6, 6.07) is 4.78. The van der Waals surface area contributed by atoms with Gasteiger partial charge in [-0.05, 0) is 18.9 Å². The van der Waals surface area contributed by atoms with E-state index in [1.54, 1.807) is 6.07 Å². The normalized spacial score (nSPS) is 24.1. The van der Waals surface area contributed by atoms with Crippen LogP contribution in [0, 0.1) is 0 Å². The van der Waals surface area contributed by atoms with Crippen LogP contribution in [-0.2, 0) is 10.0 Å². The molecule has 1 aromatic rings. The molecule has 25 heavy (non-hydrogen) atoms. The molecular formula is C16H22ClN3O4S. The number of hydrogen-bond acceptors (Lipinski definition) is 4. The standard InChI is InChI=1S/C16H22ClN3O4S/c1-25(22,23)20-8-3-4-11(10-20)18-16(21)19-14-7-9-24-15-12(14)5-2-6-13(15)17/h2,5-6,11,14H,3-4,7-10H2,1H3,(H2,18,19,21). The van der Waals surface area contributed by atoms with Crippen molar-refractivity contribution < 1.29 is 17.9 Å². The Morgan fingerprint density at radius 3 is 2.88 bits per heavy atom. The minimum Gasteiger partial charge on any atom is -0.492 e. The lowest BCUT2D eigenvalue weighted by Gasteiger charge is -2.32. The number of carbonyl (C=O) groups excluding carboxylic acids is 1. The lowest BCUT2D eigenvalue weighted by molar-refractivity contribution is 0.212. The third kappa shape index (κ3) is 4.37. The molecule has 2 aliphatic heterocycles. The first-order valence-electron chi connectivity index (χ1n) is 8.28. The summed E-state index contributed by atoms with van der Waals surface area (Å²) in [4.78, 5) is 12.4. The van der Waals surface area contributed by atoms with Gasteiger partial charge in [0, 0.05) is 31.1 Å². The maximum atomic E-state index is 12.4. The lowest BCUT2D eigenvalue weighted by Crippen LogP contribution is -2.52. The Labute approximate surface area is 152 Å². The van der Waals surface area contributed by atoms with Crippen molar-refractivity contribution in [2.24, 2.45) is 0 Å². The number of halogens is 1. The molecule has 2 N–H and O–H groups in total. The van der Waals surface area contributed by atoms with E-state index in [-0.39, 0.29) is 18.1 Å². The number of para-hydroxylation sites is 1. The third-order valence-corrected chi connectivity index (χ3v) is 6.09. The highest BCUT2D eigenvalue weighted by molar-refractivity contribution is 7.88. The molecule has 0 bridgehead atoms. The first-order valence-corrected chi connectivity index (χ1v) is 10.5. The first-order chi connectivity index (χ1) is 11.8. The predicted octanol–water partition coefficient (Wildman–Crippen LogP) is 1.89. The van der Waals surface area contributed by atoms with Crippen LogP contribution >= 0.6 is 11.6 Å². The molecule has 2 unspecified atom stereocenters. The average Bonchev–Trinajstić information content (AvgIpc) is 2.55. The highest BCUT2D eigenvalue weighted by Gasteiger charge is 2.29. The van der Waals surface area contributed by atoms with Crippen LogP contribution in [0.5, 0.6) is 5.75 Å². The summed E-state index contributed by atoms with van der Waals surface area (Å²) in [6.45, 7) is 1.29. The van der Waals surface area contributed by atoms with Gasteiger partial charge in [0.2, 0.25) is 10.0 Å². The van der Waals surface area contributed by atoms with E-state index in [0.29, 0.717) is 36.9 Å². The van der Waals surface area contributed by atoms with Crippen molar-refractivity contribution in [2.45, 2.75) is 31.3 Å². The van der Waals surface area contributed by atoms with Crippen LogP contribution in [-0.4, -0.2) is 50.7 Å². The molecule has 0 aliphatic carbocycles. The number of amides is 2. The number of hydrogen-bond donors (Lipinski definition) is 2. The Bertz CT molecular complexity index is 756. The second kappa shape index (κ2) is 7.39. The molecule has 138 valence electrons. The van der Waals surface area contributed by atoms with Crippen LogP contribution in [0.3, 0.4) is 0 Å². The van der Waals surface area contributed by atoms with E-state index in [4.69, 9.17) is 16.3 Å². The summed E-state index contributed by atoms with van der Waals surface area (Å²) in [5.74, 6) is 0.613. The van der Waals surface area contributed by atoms with Crippen molar-refractivity contribution in [3.63, 3.8) is 0 Å². The minimum absolute atomic E-state index is 0.183. The van der Waals surface area contributed by atoms with Gasteiger partial charge in [-0.15, -0.1) is 0 Å². The molecule has 3 rings (SSSR count). The van der Waals surface area contributed by atoms with Crippen molar-refractivity contribution in [1.82, 2.24) is 14.9 Å². The van der Waals surface area contributed by atoms with Gasteiger partial charge < -0.3 is 15.4 Å². The van der Waals surface area contributed by atoms with Crippen molar-refractivity contribution in [1.29, 1.82) is 0 Å². The number of nitrogens with zero attached hydrogens (tertiary/aromatic N) is 1. The van der Waals surface area contributed by atoms with Gasteiger partial charge in [-0.25, -0.2) is 17.5 Å². The van der Waals surface area contributed by atoms with Gasteiger partial charge in [-0.2, -0.15) is 0 Å². The quantitative estimate of drug-likeness (QED) is 0.829. The number of carbonyl (C=O) groups is 1. The van der Waals surface area contributed by atoms with Gasteiger partial charge in [-0.3, -0.25) is 0 Å². The SMILES string of the molecule is CS(=O)(=O)N1CCCC(NC(=O)NC2CCOc3c(Cl)cccc32)C1. The van der Waals surface area contributed by atoms with Crippen molar-refractivity contribution in [3.8, 4) is 5.75 Å². The van der Waals surface area contributed by atoms with Gasteiger partial charge in [0.1, 0.15) is 5.75 Å². The third-order valence-electron chi connectivity index (χ3n) is 4.52. The molecule has 0 spiro atoms. The van der Waals surface area contributed by atoms with E-state index >= 15 is 0 Å². The molecule has 1 fully saturated rings. The Morgan fingerprint density at radius 1 is 1.32 bits per heavy atom. The van der Waals surface area contributed by atoms with E-state index in [9.17, 15) is 13.2 Å². The fraction of sp³-hybridized carbons (Fsp3) is 0.562. The number of sulfonamides is 1. The maximum absolute atomic E-state index is 12.4. The molecular weight excluding hydrogens is 366 g/mol. The first kappa shape index (κ1) is 18.3. The van der Waals surface area contributed by atoms with E-state index in [2.05, 4.69) is 10.6 Å². The minimum atomic E-state index is -3.24. The number of rotatable bonds is 3. The summed E-state index contributed by atoms with van der Waals surface area (Å²) >= 11 is 6.14. The second-order valence-corrected chi connectivity index (χ2v) is 8.82. The number of nitrogens with one attached hydrogen (secondary N) is 2. The predicted molar refractivity (Wildman–Crippen MR) is 95.4 cm³/mol. The average molecular weight is 388 g/mol. The van der Waals surface area contributed by atoms with Gasteiger partial charge >= 0.3 is 6.03 Å². The Morgan fingerprint density at radius 2 is 2.12 bits per heavy atom. The number of benzene rings is 1. The van der Waals surface area contributed by atoms with Crippen molar-refractivity contribution in [3.05, 3.63) is 28.8 Å². The topological polar surface area (TPSA) is 87.7 Å². The van der Waals surface area contributed by atoms with Crippen LogP contribution in [0.4, 0.5) is 4.79 Å². The van der Waals surface area contributed by atoms with Gasteiger partial charge in [0.15, 0.2) is 0 Å². The van der Waals surface area contributed by atoms with Crippen LogP contribution in [0.2, 0.25) is 5.02 Å². The molecule has 9 heteroatoms. The molecule has 2 aliphatic rings. The van der Waals surface area contributed by atoms with Crippen LogP contribution < -0.4 is 15.4 Å². The molecule has 2 atom stereocenters. The summed E-state index contributed by atoms with van der Waals surface area (Å²) < 4.78 is 30.3. The molecule has 2 heterocycles. The van der Waals surface area contributed by atoms with Crippen LogP contribution in [0.25, 0.3) is 0 Å². The fourth-order valence-corrected chi connectivity index (χ4v) is 4.43. The second-order valence-electron chi connectivity index (χ2n) is 6.43. The summed E-state index contributed by atoms with van der Waals surface area (Å²) in [6.07, 6.45) is 3.34. The zero-order valence-electron chi connectivity index (χ0n) is 14.0. The van der Waals surface area contributed by atoms with Gasteiger partial charge in [0.05, 0.1) is 23.9 Å². The lowest BCUT2D eigenvalue weighted by atomic mass is 10.0. The number of fused-ring (bicyclic) bond motifs is 1. The van der Waals surface area contributed by atoms with Crippen molar-refractivity contribution >= 4 is 27.7 Å². The van der Waals surface area contributed by atoms with E-state index in [0.717, 1.165) is 18.4 Å². The summed E-state index contributed by atoms with van der Waals surface area (Å²) in [7, 11) is -3.24. The van der Waals surface area contributed by atoms with Crippen LogP contribution in [0.15, 0.2) is 18.2 Å². The van der Waals surface area contributed by atoms with Crippen molar-refractivity contribution in [2.75, 3.05) is 26.0 Å². The van der Waals surface area contributed by atoms with Gasteiger partial charge in [-0.1, -0.05) is 23.7 Å². The van der Waals surface area contributed by atoms with E-state index in [1.165, 1.54) is 10.6 Å². The fourth-order valence-electron chi connectivity index (χ4n) is 3.28. The molecule has 7 nitrogen and oxygen atoms in total. The number of ether oxygens (including phenoxy) is 1. The van der Waals surface area contributed by atoms with E-state index < -0.39 is 10.0 Å². The number of urea groups is 1. The largest absolute Gasteiger partial charge is 0.492 e. The Balaban J connectivity index is 1.61. The summed E-state index contributed by atoms with van der Waals surface area (Å²) in [5.41, 5.74) is 0.857. The Kier molecular flexibility index (Phi) is 5.41. The Hall–Kier alpha value is -1.51. The summed E-state index contributed by atoms with van der Waals surface area (Å²) in [5, 5.41) is 6.36. The van der Waals surface area contributed by atoms with Gasteiger partial charge in [0.25, 0.3) is 0 Å². The van der Waals surface area contributed by atoms with E-state index in [1.807, 2.05) is 12.1 Å². The molecule has 0 aromatic heterocycles. The zero-order valence-corrected chi connectivity index (χ0v) is 15.6. The maximum Gasteiger partial charge on any atom is 0.315 e. The number of piperidine rings is 1. The smallest absolute Gasteiger partial charge is 0.315 e. The zero-order chi connectivity index (χ0) is 18.0. The van der Waals surface area contributed by atoms with Crippen LogP contribution in [0.1, 0.15) is 30.9 Å². The highest BCUT2D eigenvalue weighted by Crippen LogP contribution is 2.37. The molecule has 2 amide bonds.